The van der Waals surface area contributed by atoms with E-state index < -0.39 is 0 Å². The summed E-state index contributed by atoms with van der Waals surface area (Å²) in [5.74, 6) is 0.557. The number of nitrogens with zero attached hydrogens (tertiary/aromatic N) is 1. The van der Waals surface area contributed by atoms with Gasteiger partial charge in [-0.3, -0.25) is 0 Å². The normalized spacial score (nSPS) is 12.2. The summed E-state index contributed by atoms with van der Waals surface area (Å²) in [7, 11) is 1.37. The molecule has 0 spiro atoms. The van der Waals surface area contributed by atoms with Gasteiger partial charge in [-0.1, -0.05) is 19.9 Å². The summed E-state index contributed by atoms with van der Waals surface area (Å²) < 4.78 is 4.79. The molecule has 1 unspecified atom stereocenters. The van der Waals surface area contributed by atoms with Crippen LogP contribution in [0.5, 0.6) is 0 Å². The van der Waals surface area contributed by atoms with Crippen LogP contribution in [0.1, 0.15) is 35.1 Å². The molecule has 0 amide bonds. The van der Waals surface area contributed by atoms with E-state index in [1.54, 1.807) is 29.7 Å². The third-order valence-corrected chi connectivity index (χ3v) is 3.98. The Labute approximate surface area is 122 Å². The summed E-state index contributed by atoms with van der Waals surface area (Å²) in [6, 6.07) is 7.67. The maximum Gasteiger partial charge on any atom is 0.341 e. The van der Waals surface area contributed by atoms with E-state index in [1.165, 1.54) is 12.0 Å². The number of carbonyl (C=O) groups is 1. The molecule has 0 saturated heterocycles. The van der Waals surface area contributed by atoms with Crippen LogP contribution in [0.4, 0.5) is 5.82 Å². The minimum absolute atomic E-state index is 0.119. The van der Waals surface area contributed by atoms with Crippen LogP contribution in [-0.2, 0) is 4.74 Å². The molecule has 2 heterocycles. The van der Waals surface area contributed by atoms with Gasteiger partial charge in [0.05, 0.1) is 13.2 Å². The quantitative estimate of drug-likeness (QED) is 0.852. The molecule has 1 N–H and O–H groups in total. The second-order valence-electron chi connectivity index (χ2n) is 4.77. The van der Waals surface area contributed by atoms with Gasteiger partial charge in [0.25, 0.3) is 0 Å². The van der Waals surface area contributed by atoms with Gasteiger partial charge >= 0.3 is 5.97 Å². The highest BCUT2D eigenvalue weighted by atomic mass is 32.1. The third kappa shape index (κ3) is 3.17. The zero-order valence-electron chi connectivity index (χ0n) is 11.8. The molecule has 0 bridgehead atoms. The van der Waals surface area contributed by atoms with Gasteiger partial charge in [0, 0.05) is 11.1 Å². The molecule has 2 aromatic rings. The van der Waals surface area contributed by atoms with Crippen LogP contribution in [0, 0.1) is 5.92 Å². The van der Waals surface area contributed by atoms with Crippen LogP contribution < -0.4 is 5.32 Å². The van der Waals surface area contributed by atoms with Gasteiger partial charge in [-0.2, -0.15) is 0 Å². The molecular weight excluding hydrogens is 272 g/mol. The van der Waals surface area contributed by atoms with E-state index in [-0.39, 0.29) is 12.0 Å². The first-order valence-corrected chi connectivity index (χ1v) is 7.34. The van der Waals surface area contributed by atoms with Crippen LogP contribution in [0.3, 0.4) is 0 Å². The van der Waals surface area contributed by atoms with E-state index in [0.29, 0.717) is 17.3 Å². The molecular formula is C15H18N2O2S. The van der Waals surface area contributed by atoms with Crippen molar-refractivity contribution < 1.29 is 9.53 Å². The Morgan fingerprint density at radius 1 is 1.35 bits per heavy atom. The molecule has 0 radical (unpaired) electrons. The number of thiophene rings is 1. The predicted molar refractivity (Wildman–Crippen MR) is 81.1 cm³/mol. The number of methoxy groups -OCH3 is 1. The van der Waals surface area contributed by atoms with Gasteiger partial charge in [0.1, 0.15) is 11.4 Å². The van der Waals surface area contributed by atoms with Gasteiger partial charge < -0.3 is 10.1 Å². The largest absolute Gasteiger partial charge is 0.465 e. The second kappa shape index (κ2) is 6.52. The van der Waals surface area contributed by atoms with Crippen molar-refractivity contribution in [3.8, 4) is 0 Å². The number of ether oxygens (including phenoxy) is 1. The van der Waals surface area contributed by atoms with Gasteiger partial charge in [-0.05, 0) is 29.5 Å². The lowest BCUT2D eigenvalue weighted by Gasteiger charge is -2.22. The van der Waals surface area contributed by atoms with Gasteiger partial charge in [0.15, 0.2) is 0 Å². The average Bonchev–Trinajstić information content (AvgIpc) is 2.97. The minimum Gasteiger partial charge on any atom is -0.465 e. The Bertz CT molecular complexity index is 567. The van der Waals surface area contributed by atoms with Crippen LogP contribution in [0.15, 0.2) is 35.8 Å². The van der Waals surface area contributed by atoms with Crippen molar-refractivity contribution in [1.29, 1.82) is 0 Å². The summed E-state index contributed by atoms with van der Waals surface area (Å²) in [5, 5.41) is 5.41. The number of anilines is 1. The second-order valence-corrected chi connectivity index (χ2v) is 5.75. The van der Waals surface area contributed by atoms with E-state index in [9.17, 15) is 4.79 Å². The van der Waals surface area contributed by atoms with Gasteiger partial charge in [0.2, 0.25) is 0 Å². The Kier molecular flexibility index (Phi) is 4.74. The number of pyridine rings is 1. The fourth-order valence-corrected chi connectivity index (χ4v) is 2.93. The Morgan fingerprint density at radius 2 is 2.15 bits per heavy atom. The van der Waals surface area contributed by atoms with Gasteiger partial charge in [-0.25, -0.2) is 9.78 Å². The van der Waals surface area contributed by atoms with Gasteiger partial charge in [-0.15, -0.1) is 11.3 Å². The smallest absolute Gasteiger partial charge is 0.341 e. The maximum absolute atomic E-state index is 11.8. The molecule has 5 heteroatoms. The molecule has 2 rings (SSSR count). The topological polar surface area (TPSA) is 51.2 Å². The molecule has 0 aromatic carbocycles. The number of hydrogen-bond donors (Lipinski definition) is 1. The molecule has 20 heavy (non-hydrogen) atoms. The average molecular weight is 290 g/mol. The first-order valence-electron chi connectivity index (χ1n) is 6.46. The fourth-order valence-electron chi connectivity index (χ4n) is 1.98. The van der Waals surface area contributed by atoms with E-state index >= 15 is 0 Å². The van der Waals surface area contributed by atoms with Crippen LogP contribution >= 0.6 is 11.3 Å². The summed E-state index contributed by atoms with van der Waals surface area (Å²) in [6.07, 6.45) is 1.67. The maximum atomic E-state index is 11.8. The number of carbonyl (C=O) groups excluding carboxylic acids is 1. The predicted octanol–water partition coefficient (Wildman–Crippen LogP) is 3.74. The Morgan fingerprint density at radius 3 is 2.75 bits per heavy atom. The van der Waals surface area contributed by atoms with E-state index in [1.807, 2.05) is 11.4 Å². The lowest BCUT2D eigenvalue weighted by molar-refractivity contribution is 0.0601. The number of hydrogen-bond acceptors (Lipinski definition) is 5. The monoisotopic (exact) mass is 290 g/mol. The zero-order chi connectivity index (χ0) is 14.5. The number of rotatable bonds is 5. The highest BCUT2D eigenvalue weighted by Gasteiger charge is 2.20. The standard InChI is InChI=1S/C15H18N2O2S/c1-10(2)13(12-7-5-9-20-12)17-14-11(15(18)19-3)6-4-8-16-14/h4-10,13H,1-3H3,(H,16,17). The first kappa shape index (κ1) is 14.5. The van der Waals surface area contributed by atoms with Crippen molar-refractivity contribution >= 4 is 23.1 Å². The molecule has 2 aromatic heterocycles. The molecule has 0 fully saturated rings. The van der Waals surface area contributed by atoms with Crippen molar-refractivity contribution in [2.45, 2.75) is 19.9 Å². The van der Waals surface area contributed by atoms with E-state index in [4.69, 9.17) is 4.74 Å². The van der Waals surface area contributed by atoms with E-state index in [0.717, 1.165) is 0 Å². The number of aromatic nitrogens is 1. The van der Waals surface area contributed by atoms with Crippen molar-refractivity contribution in [1.82, 2.24) is 4.98 Å². The van der Waals surface area contributed by atoms with Crippen LogP contribution in [0.25, 0.3) is 0 Å². The first-order chi connectivity index (χ1) is 9.63. The molecule has 0 aliphatic heterocycles. The van der Waals surface area contributed by atoms with Crippen molar-refractivity contribution in [3.05, 3.63) is 46.3 Å². The summed E-state index contributed by atoms with van der Waals surface area (Å²) in [5.41, 5.74) is 0.456. The minimum atomic E-state index is -0.380. The summed E-state index contributed by atoms with van der Waals surface area (Å²) >= 11 is 1.69. The Hall–Kier alpha value is -1.88. The third-order valence-electron chi connectivity index (χ3n) is 3.02. The molecule has 106 valence electrons. The summed E-state index contributed by atoms with van der Waals surface area (Å²) in [6.45, 7) is 4.27. The molecule has 0 aliphatic rings. The highest BCUT2D eigenvalue weighted by molar-refractivity contribution is 7.10. The highest BCUT2D eigenvalue weighted by Crippen LogP contribution is 2.30. The lowest BCUT2D eigenvalue weighted by atomic mass is 10.0. The summed E-state index contributed by atoms with van der Waals surface area (Å²) in [4.78, 5) is 17.3. The molecule has 0 aliphatic carbocycles. The number of esters is 1. The van der Waals surface area contributed by atoms with Crippen LogP contribution in [0.2, 0.25) is 0 Å². The molecule has 1 atom stereocenters. The fraction of sp³-hybridized carbons (Fsp3) is 0.333. The van der Waals surface area contributed by atoms with Crippen LogP contribution in [-0.4, -0.2) is 18.1 Å². The van der Waals surface area contributed by atoms with Crippen molar-refractivity contribution in [2.75, 3.05) is 12.4 Å². The number of nitrogens with one attached hydrogen (secondary N) is 1. The van der Waals surface area contributed by atoms with E-state index in [2.05, 4.69) is 30.2 Å². The molecule has 4 nitrogen and oxygen atoms in total. The lowest BCUT2D eigenvalue weighted by Crippen LogP contribution is -2.18. The zero-order valence-corrected chi connectivity index (χ0v) is 12.6. The Balaban J connectivity index is 2.30. The SMILES string of the molecule is COC(=O)c1cccnc1NC(c1cccs1)C(C)C. The van der Waals surface area contributed by atoms with Crippen molar-refractivity contribution in [3.63, 3.8) is 0 Å². The van der Waals surface area contributed by atoms with Crippen molar-refractivity contribution in [2.24, 2.45) is 5.92 Å². The molecule has 0 saturated carbocycles.